The van der Waals surface area contributed by atoms with Crippen LogP contribution in [0, 0.1) is 17.2 Å². The van der Waals surface area contributed by atoms with E-state index in [-0.39, 0.29) is 12.3 Å². The Kier molecular flexibility index (Phi) is 5.25. The molecule has 0 bridgehead atoms. The van der Waals surface area contributed by atoms with Gasteiger partial charge in [-0.05, 0) is 49.3 Å². The van der Waals surface area contributed by atoms with Crippen LogP contribution in [0.15, 0.2) is 24.3 Å². The van der Waals surface area contributed by atoms with Gasteiger partial charge in [-0.2, -0.15) is 5.26 Å². The lowest BCUT2D eigenvalue weighted by atomic mass is 9.76. The lowest BCUT2D eigenvalue weighted by molar-refractivity contribution is -0.122. The summed E-state index contributed by atoms with van der Waals surface area (Å²) in [4.78, 5) is 12.2. The third-order valence-corrected chi connectivity index (χ3v) is 4.62. The fraction of sp³-hybridized carbons (Fsp3) is 0.529. The molecule has 1 saturated carbocycles. The highest BCUT2D eigenvalue weighted by atomic mass is 35.5. The molecule has 3 nitrogen and oxygen atoms in total. The molecule has 0 unspecified atom stereocenters. The molecular formula is C17H21ClN2O. The fourth-order valence-corrected chi connectivity index (χ4v) is 3.20. The van der Waals surface area contributed by atoms with Gasteiger partial charge in [0.2, 0.25) is 5.91 Å². The standard InChI is InChI=1S/C17H21ClN2O/c1-2-13-6-8-17(12-19,9-7-13)20-16(21)11-14-4-3-5-15(18)10-14/h3-5,10,13H,2,6-9,11H2,1H3,(H,20,21). The summed E-state index contributed by atoms with van der Waals surface area (Å²) < 4.78 is 0. The predicted molar refractivity (Wildman–Crippen MR) is 83.9 cm³/mol. The maximum Gasteiger partial charge on any atom is 0.225 e. The Morgan fingerprint density at radius 2 is 2.19 bits per heavy atom. The summed E-state index contributed by atoms with van der Waals surface area (Å²) >= 11 is 5.92. The molecule has 1 aromatic rings. The van der Waals surface area contributed by atoms with Crippen LogP contribution in [-0.4, -0.2) is 11.4 Å². The van der Waals surface area contributed by atoms with Gasteiger partial charge in [0.1, 0.15) is 5.54 Å². The zero-order chi connectivity index (χ0) is 15.3. The molecule has 1 N–H and O–H groups in total. The van der Waals surface area contributed by atoms with Gasteiger partial charge in [-0.15, -0.1) is 0 Å². The summed E-state index contributed by atoms with van der Waals surface area (Å²) in [6.07, 6.45) is 4.95. The topological polar surface area (TPSA) is 52.9 Å². The summed E-state index contributed by atoms with van der Waals surface area (Å²) in [6.45, 7) is 2.18. The lowest BCUT2D eigenvalue weighted by Crippen LogP contribution is -2.50. The number of benzene rings is 1. The van der Waals surface area contributed by atoms with Crippen LogP contribution in [0.5, 0.6) is 0 Å². The van der Waals surface area contributed by atoms with Crippen LogP contribution in [0.4, 0.5) is 0 Å². The van der Waals surface area contributed by atoms with Gasteiger partial charge in [-0.3, -0.25) is 4.79 Å². The molecule has 0 radical (unpaired) electrons. The molecule has 112 valence electrons. The van der Waals surface area contributed by atoms with Crippen molar-refractivity contribution in [2.24, 2.45) is 5.92 Å². The van der Waals surface area contributed by atoms with Crippen molar-refractivity contribution >= 4 is 17.5 Å². The molecule has 1 aromatic carbocycles. The monoisotopic (exact) mass is 304 g/mol. The Morgan fingerprint density at radius 3 is 2.76 bits per heavy atom. The molecule has 1 fully saturated rings. The van der Waals surface area contributed by atoms with Gasteiger partial charge in [0, 0.05) is 5.02 Å². The summed E-state index contributed by atoms with van der Waals surface area (Å²) in [5.41, 5.74) is 0.191. The van der Waals surface area contributed by atoms with Crippen molar-refractivity contribution in [3.63, 3.8) is 0 Å². The molecule has 0 aromatic heterocycles. The SMILES string of the molecule is CCC1CCC(C#N)(NC(=O)Cc2cccc(Cl)c2)CC1. The van der Waals surface area contributed by atoms with Gasteiger partial charge in [-0.1, -0.05) is 37.1 Å². The second-order valence-corrected chi connectivity index (χ2v) is 6.34. The molecular weight excluding hydrogens is 284 g/mol. The Labute approximate surface area is 131 Å². The molecule has 0 atom stereocenters. The second-order valence-electron chi connectivity index (χ2n) is 5.90. The largest absolute Gasteiger partial charge is 0.338 e. The molecule has 1 aliphatic rings. The van der Waals surface area contributed by atoms with Crippen molar-refractivity contribution in [2.75, 3.05) is 0 Å². The van der Waals surface area contributed by atoms with Gasteiger partial charge >= 0.3 is 0 Å². The molecule has 0 aliphatic heterocycles. The highest BCUT2D eigenvalue weighted by Crippen LogP contribution is 2.33. The molecule has 1 aliphatic carbocycles. The normalized spacial score (nSPS) is 25.1. The minimum Gasteiger partial charge on any atom is -0.338 e. The minimum absolute atomic E-state index is 0.103. The van der Waals surface area contributed by atoms with Gasteiger partial charge in [-0.25, -0.2) is 0 Å². The van der Waals surface area contributed by atoms with Crippen molar-refractivity contribution in [1.29, 1.82) is 5.26 Å². The van der Waals surface area contributed by atoms with Crippen LogP contribution in [0.2, 0.25) is 5.02 Å². The average molecular weight is 305 g/mol. The zero-order valence-electron chi connectivity index (χ0n) is 12.4. The van der Waals surface area contributed by atoms with Crippen molar-refractivity contribution in [1.82, 2.24) is 5.32 Å². The van der Waals surface area contributed by atoms with Crippen molar-refractivity contribution in [3.05, 3.63) is 34.9 Å². The first-order valence-electron chi connectivity index (χ1n) is 7.53. The van der Waals surface area contributed by atoms with Gasteiger partial charge in [0.15, 0.2) is 0 Å². The van der Waals surface area contributed by atoms with Crippen LogP contribution in [0.1, 0.15) is 44.6 Å². The van der Waals surface area contributed by atoms with E-state index in [1.54, 1.807) is 12.1 Å². The molecule has 2 rings (SSSR count). The Balaban J connectivity index is 1.96. The number of halogens is 1. The first-order chi connectivity index (χ1) is 10.1. The van der Waals surface area contributed by atoms with Crippen LogP contribution in [0.25, 0.3) is 0 Å². The van der Waals surface area contributed by atoms with Crippen molar-refractivity contribution < 1.29 is 4.79 Å². The molecule has 0 heterocycles. The van der Waals surface area contributed by atoms with Crippen LogP contribution < -0.4 is 5.32 Å². The number of nitrogens with zero attached hydrogens (tertiary/aromatic N) is 1. The van der Waals surface area contributed by atoms with Crippen LogP contribution in [0.3, 0.4) is 0 Å². The number of carbonyl (C=O) groups is 1. The van der Waals surface area contributed by atoms with Gasteiger partial charge < -0.3 is 5.32 Å². The molecule has 0 saturated heterocycles. The van der Waals surface area contributed by atoms with Gasteiger partial charge in [0.05, 0.1) is 12.5 Å². The summed E-state index contributed by atoms with van der Waals surface area (Å²) in [7, 11) is 0. The number of hydrogen-bond donors (Lipinski definition) is 1. The van der Waals surface area contributed by atoms with Crippen LogP contribution in [-0.2, 0) is 11.2 Å². The minimum atomic E-state index is -0.679. The highest BCUT2D eigenvalue weighted by molar-refractivity contribution is 6.30. The number of hydrogen-bond acceptors (Lipinski definition) is 2. The maximum atomic E-state index is 12.2. The Bertz CT molecular complexity index is 542. The number of rotatable bonds is 4. The third-order valence-electron chi connectivity index (χ3n) is 4.38. The quantitative estimate of drug-likeness (QED) is 0.918. The van der Waals surface area contributed by atoms with E-state index in [4.69, 9.17) is 11.6 Å². The van der Waals surface area contributed by atoms with E-state index in [0.717, 1.165) is 37.7 Å². The fourth-order valence-electron chi connectivity index (χ4n) is 2.99. The smallest absolute Gasteiger partial charge is 0.225 e. The Morgan fingerprint density at radius 1 is 1.48 bits per heavy atom. The van der Waals surface area contributed by atoms with E-state index >= 15 is 0 Å². The number of carbonyl (C=O) groups excluding carboxylic acids is 1. The molecule has 21 heavy (non-hydrogen) atoms. The summed E-state index contributed by atoms with van der Waals surface area (Å²) in [6, 6.07) is 9.61. The van der Waals surface area contributed by atoms with Gasteiger partial charge in [0.25, 0.3) is 0 Å². The van der Waals surface area contributed by atoms with E-state index in [2.05, 4.69) is 18.3 Å². The molecule has 1 amide bonds. The van der Waals surface area contributed by atoms with E-state index in [0.29, 0.717) is 10.9 Å². The summed E-state index contributed by atoms with van der Waals surface area (Å²) in [5, 5.41) is 13.0. The number of nitriles is 1. The Hall–Kier alpha value is -1.53. The first kappa shape index (κ1) is 15.9. The zero-order valence-corrected chi connectivity index (χ0v) is 13.1. The van der Waals surface area contributed by atoms with E-state index in [1.165, 1.54) is 0 Å². The molecule has 4 heteroatoms. The highest BCUT2D eigenvalue weighted by Gasteiger charge is 2.36. The predicted octanol–water partition coefficient (Wildman–Crippen LogP) is 3.86. The third kappa shape index (κ3) is 4.22. The van der Waals surface area contributed by atoms with Crippen molar-refractivity contribution in [3.8, 4) is 6.07 Å². The lowest BCUT2D eigenvalue weighted by Gasteiger charge is -2.35. The number of amides is 1. The number of nitrogens with one attached hydrogen (secondary N) is 1. The molecule has 0 spiro atoms. The second kappa shape index (κ2) is 6.95. The van der Waals surface area contributed by atoms with E-state index < -0.39 is 5.54 Å². The first-order valence-corrected chi connectivity index (χ1v) is 7.91. The van der Waals surface area contributed by atoms with E-state index in [1.807, 2.05) is 12.1 Å². The summed E-state index contributed by atoms with van der Waals surface area (Å²) in [5.74, 6) is 0.588. The maximum absolute atomic E-state index is 12.2. The van der Waals surface area contributed by atoms with E-state index in [9.17, 15) is 10.1 Å². The van der Waals surface area contributed by atoms with Crippen molar-refractivity contribution in [2.45, 2.75) is 51.0 Å². The van der Waals surface area contributed by atoms with Crippen LogP contribution >= 0.6 is 11.6 Å². The average Bonchev–Trinajstić information content (AvgIpc) is 2.48.